The Hall–Kier alpha value is -1.84. The van der Waals surface area contributed by atoms with E-state index in [1.807, 2.05) is 39.8 Å². The van der Waals surface area contributed by atoms with Crippen LogP contribution in [-0.4, -0.2) is 19.0 Å². The van der Waals surface area contributed by atoms with Crippen LogP contribution in [0.2, 0.25) is 0 Å². The van der Waals surface area contributed by atoms with E-state index in [2.05, 4.69) is 0 Å². The molecule has 0 N–H and O–H groups in total. The van der Waals surface area contributed by atoms with Crippen LogP contribution < -0.4 is 4.74 Å². The molecule has 0 spiro atoms. The van der Waals surface area contributed by atoms with E-state index in [4.69, 9.17) is 9.47 Å². The van der Waals surface area contributed by atoms with Gasteiger partial charge in [0.25, 0.3) is 0 Å². The molecule has 110 valence electrons. The summed E-state index contributed by atoms with van der Waals surface area (Å²) < 4.78 is 10.1. The third-order valence-corrected chi connectivity index (χ3v) is 3.19. The molecule has 1 aromatic rings. The van der Waals surface area contributed by atoms with Crippen molar-refractivity contribution in [2.75, 3.05) is 7.11 Å². The molecule has 0 aliphatic rings. The number of hydrogen-bond acceptors (Lipinski definition) is 4. The molecule has 20 heavy (non-hydrogen) atoms. The SMILES string of the molecule is COC(=O)CC(C)(C)c1c(C)cc(C)cc1OC(C)=O. The summed E-state index contributed by atoms with van der Waals surface area (Å²) in [5.74, 6) is -0.141. The van der Waals surface area contributed by atoms with Gasteiger partial charge in [0.15, 0.2) is 0 Å². The number of carbonyl (C=O) groups is 2. The molecule has 0 fully saturated rings. The largest absolute Gasteiger partial charge is 0.469 e. The molecule has 0 aromatic heterocycles. The van der Waals surface area contributed by atoms with Crippen LogP contribution in [0.3, 0.4) is 0 Å². The van der Waals surface area contributed by atoms with Crippen LogP contribution in [-0.2, 0) is 19.7 Å². The zero-order valence-corrected chi connectivity index (χ0v) is 13.0. The van der Waals surface area contributed by atoms with E-state index in [9.17, 15) is 9.59 Å². The van der Waals surface area contributed by atoms with Gasteiger partial charge in [0, 0.05) is 17.9 Å². The lowest BCUT2D eigenvalue weighted by molar-refractivity contribution is -0.141. The summed E-state index contributed by atoms with van der Waals surface area (Å²) >= 11 is 0. The molecule has 4 nitrogen and oxygen atoms in total. The highest BCUT2D eigenvalue weighted by molar-refractivity contribution is 5.73. The van der Waals surface area contributed by atoms with Gasteiger partial charge in [0.05, 0.1) is 13.5 Å². The molecule has 0 unspecified atom stereocenters. The van der Waals surface area contributed by atoms with Crippen molar-refractivity contribution < 1.29 is 19.1 Å². The monoisotopic (exact) mass is 278 g/mol. The van der Waals surface area contributed by atoms with Gasteiger partial charge in [-0.05, 0) is 31.0 Å². The second-order valence-electron chi connectivity index (χ2n) is 5.69. The van der Waals surface area contributed by atoms with Crippen molar-refractivity contribution >= 4 is 11.9 Å². The van der Waals surface area contributed by atoms with Crippen molar-refractivity contribution in [3.05, 3.63) is 28.8 Å². The quantitative estimate of drug-likeness (QED) is 0.627. The number of methoxy groups -OCH3 is 1. The molecule has 4 heteroatoms. The summed E-state index contributed by atoms with van der Waals surface area (Å²) in [6.07, 6.45) is 0.224. The van der Waals surface area contributed by atoms with Gasteiger partial charge in [0.2, 0.25) is 0 Å². The maximum atomic E-state index is 11.6. The Kier molecular flexibility index (Phi) is 4.93. The number of rotatable bonds is 4. The van der Waals surface area contributed by atoms with Crippen LogP contribution in [0.4, 0.5) is 0 Å². The maximum absolute atomic E-state index is 11.6. The Labute approximate surface area is 120 Å². The minimum Gasteiger partial charge on any atom is -0.469 e. The van der Waals surface area contributed by atoms with Crippen molar-refractivity contribution in [1.29, 1.82) is 0 Å². The maximum Gasteiger partial charge on any atom is 0.308 e. The average molecular weight is 278 g/mol. The fraction of sp³-hybridized carbons (Fsp3) is 0.500. The van der Waals surface area contributed by atoms with Crippen LogP contribution in [0, 0.1) is 13.8 Å². The average Bonchev–Trinajstić information content (AvgIpc) is 2.25. The van der Waals surface area contributed by atoms with Gasteiger partial charge in [0.1, 0.15) is 5.75 Å². The lowest BCUT2D eigenvalue weighted by Crippen LogP contribution is -2.25. The van der Waals surface area contributed by atoms with Gasteiger partial charge in [-0.15, -0.1) is 0 Å². The highest BCUT2D eigenvalue weighted by Gasteiger charge is 2.30. The van der Waals surface area contributed by atoms with E-state index in [-0.39, 0.29) is 18.4 Å². The molecular weight excluding hydrogens is 256 g/mol. The van der Waals surface area contributed by atoms with Crippen LogP contribution in [0.1, 0.15) is 43.9 Å². The van der Waals surface area contributed by atoms with Crippen molar-refractivity contribution in [2.24, 2.45) is 0 Å². The number of esters is 2. The molecule has 0 bridgehead atoms. The first-order chi connectivity index (χ1) is 9.17. The fourth-order valence-corrected chi connectivity index (χ4v) is 2.55. The summed E-state index contributed by atoms with van der Waals surface area (Å²) in [5, 5.41) is 0. The second-order valence-corrected chi connectivity index (χ2v) is 5.69. The van der Waals surface area contributed by atoms with E-state index in [1.54, 1.807) is 0 Å². The Bertz CT molecular complexity index is 530. The number of aryl methyl sites for hydroxylation is 2. The van der Waals surface area contributed by atoms with E-state index in [0.29, 0.717) is 5.75 Å². The molecule has 1 rings (SSSR count). The van der Waals surface area contributed by atoms with Gasteiger partial charge in [-0.25, -0.2) is 0 Å². The highest BCUT2D eigenvalue weighted by Crippen LogP contribution is 2.38. The molecule has 0 heterocycles. The standard InChI is InChI=1S/C16H22O4/c1-10-7-11(2)15(13(8-10)20-12(3)17)16(4,5)9-14(18)19-6/h7-8H,9H2,1-6H3. The van der Waals surface area contributed by atoms with Crippen molar-refractivity contribution in [2.45, 2.75) is 46.5 Å². The van der Waals surface area contributed by atoms with Crippen LogP contribution >= 0.6 is 0 Å². The molecule has 0 saturated carbocycles. The summed E-state index contributed by atoms with van der Waals surface area (Å²) in [7, 11) is 1.37. The van der Waals surface area contributed by atoms with E-state index in [1.165, 1.54) is 14.0 Å². The molecule has 0 amide bonds. The Morgan fingerprint density at radius 2 is 1.80 bits per heavy atom. The van der Waals surface area contributed by atoms with Crippen LogP contribution in [0.25, 0.3) is 0 Å². The predicted octanol–water partition coefficient (Wildman–Crippen LogP) is 3.07. The molecule has 0 aliphatic heterocycles. The summed E-state index contributed by atoms with van der Waals surface area (Å²) in [6.45, 7) is 9.14. The third kappa shape index (κ3) is 3.83. The number of benzene rings is 1. The van der Waals surface area contributed by atoms with Gasteiger partial charge in [-0.1, -0.05) is 19.9 Å². The first kappa shape index (κ1) is 16.2. The zero-order chi connectivity index (χ0) is 15.5. The summed E-state index contributed by atoms with van der Waals surface area (Å²) in [4.78, 5) is 22.9. The highest BCUT2D eigenvalue weighted by atomic mass is 16.5. The minimum atomic E-state index is -0.477. The van der Waals surface area contributed by atoms with Crippen LogP contribution in [0.5, 0.6) is 5.75 Å². The molecule has 0 atom stereocenters. The lowest BCUT2D eigenvalue weighted by Gasteiger charge is -2.28. The first-order valence-electron chi connectivity index (χ1n) is 6.54. The Balaban J connectivity index is 3.33. The van der Waals surface area contributed by atoms with E-state index < -0.39 is 5.41 Å². The molecule has 0 saturated heterocycles. The molecular formula is C16H22O4. The molecule has 1 aromatic carbocycles. The lowest BCUT2D eigenvalue weighted by atomic mass is 9.78. The van der Waals surface area contributed by atoms with E-state index in [0.717, 1.165) is 16.7 Å². The van der Waals surface area contributed by atoms with Gasteiger partial charge >= 0.3 is 11.9 Å². The molecule has 0 aliphatic carbocycles. The van der Waals surface area contributed by atoms with Crippen molar-refractivity contribution in [1.82, 2.24) is 0 Å². The topological polar surface area (TPSA) is 52.6 Å². The van der Waals surface area contributed by atoms with Crippen LogP contribution in [0.15, 0.2) is 12.1 Å². The van der Waals surface area contributed by atoms with E-state index >= 15 is 0 Å². The fourth-order valence-electron chi connectivity index (χ4n) is 2.55. The normalized spacial score (nSPS) is 11.1. The van der Waals surface area contributed by atoms with Crippen molar-refractivity contribution in [3.63, 3.8) is 0 Å². The summed E-state index contributed by atoms with van der Waals surface area (Å²) in [5.41, 5.74) is 2.39. The second kappa shape index (κ2) is 6.07. The Morgan fingerprint density at radius 3 is 2.30 bits per heavy atom. The minimum absolute atomic E-state index is 0.224. The number of hydrogen-bond donors (Lipinski definition) is 0. The van der Waals surface area contributed by atoms with Gasteiger partial charge < -0.3 is 9.47 Å². The Morgan fingerprint density at radius 1 is 1.20 bits per heavy atom. The number of ether oxygens (including phenoxy) is 2. The smallest absolute Gasteiger partial charge is 0.308 e. The summed E-state index contributed by atoms with van der Waals surface area (Å²) in [6, 6.07) is 3.84. The first-order valence-corrected chi connectivity index (χ1v) is 6.54. The number of carbonyl (C=O) groups excluding carboxylic acids is 2. The van der Waals surface area contributed by atoms with Gasteiger partial charge in [-0.3, -0.25) is 9.59 Å². The zero-order valence-electron chi connectivity index (χ0n) is 13.0. The van der Waals surface area contributed by atoms with Crippen molar-refractivity contribution in [3.8, 4) is 5.75 Å². The third-order valence-electron chi connectivity index (χ3n) is 3.19. The predicted molar refractivity (Wildman–Crippen MR) is 76.9 cm³/mol. The molecule has 0 radical (unpaired) electrons. The van der Waals surface area contributed by atoms with Gasteiger partial charge in [-0.2, -0.15) is 0 Å².